The SMILES string of the molecule is O=C(Nc1cc(C(F)(F)F)ccc1NC1CCCCC1)C1CCCO1. The molecule has 0 radical (unpaired) electrons. The van der Waals surface area contributed by atoms with Crippen molar-refractivity contribution in [1.82, 2.24) is 0 Å². The summed E-state index contributed by atoms with van der Waals surface area (Å²) < 4.78 is 44.4. The third-order valence-electron chi connectivity index (χ3n) is 4.79. The van der Waals surface area contributed by atoms with Gasteiger partial charge < -0.3 is 15.4 Å². The van der Waals surface area contributed by atoms with Gasteiger partial charge in [0.2, 0.25) is 0 Å². The Labute approximate surface area is 145 Å². The Bertz CT molecular complexity index is 607. The van der Waals surface area contributed by atoms with Crippen molar-refractivity contribution >= 4 is 17.3 Å². The molecule has 1 heterocycles. The molecule has 138 valence electrons. The molecule has 25 heavy (non-hydrogen) atoms. The molecule has 1 aliphatic carbocycles. The van der Waals surface area contributed by atoms with Crippen LogP contribution in [-0.4, -0.2) is 24.7 Å². The molecule has 1 saturated carbocycles. The minimum atomic E-state index is -4.45. The Morgan fingerprint density at radius 3 is 2.44 bits per heavy atom. The number of anilines is 2. The van der Waals surface area contributed by atoms with Crippen molar-refractivity contribution in [2.45, 2.75) is 63.3 Å². The molecule has 0 spiro atoms. The number of amides is 1. The van der Waals surface area contributed by atoms with Crippen molar-refractivity contribution in [3.05, 3.63) is 23.8 Å². The largest absolute Gasteiger partial charge is 0.416 e. The summed E-state index contributed by atoms with van der Waals surface area (Å²) in [7, 11) is 0. The second-order valence-electron chi connectivity index (χ2n) is 6.73. The van der Waals surface area contributed by atoms with E-state index in [0.29, 0.717) is 18.7 Å². The first-order chi connectivity index (χ1) is 11.9. The van der Waals surface area contributed by atoms with Gasteiger partial charge >= 0.3 is 6.18 Å². The molecule has 1 unspecified atom stereocenters. The summed E-state index contributed by atoms with van der Waals surface area (Å²) in [5.41, 5.74) is -0.0727. The quantitative estimate of drug-likeness (QED) is 0.831. The van der Waals surface area contributed by atoms with Gasteiger partial charge in [-0.25, -0.2) is 0 Å². The number of rotatable bonds is 4. The Morgan fingerprint density at radius 1 is 1.04 bits per heavy atom. The maximum absolute atomic E-state index is 13.0. The number of hydrogen-bond acceptors (Lipinski definition) is 3. The first-order valence-corrected chi connectivity index (χ1v) is 8.84. The molecule has 1 amide bonds. The molecule has 2 aliphatic rings. The van der Waals surface area contributed by atoms with Crippen LogP contribution in [0.25, 0.3) is 0 Å². The number of carbonyl (C=O) groups is 1. The predicted octanol–water partition coefficient (Wildman–Crippen LogP) is 4.57. The highest BCUT2D eigenvalue weighted by molar-refractivity contribution is 5.97. The number of halogens is 3. The van der Waals surface area contributed by atoms with Crippen molar-refractivity contribution in [2.75, 3.05) is 17.2 Å². The normalized spacial score (nSPS) is 22.0. The lowest BCUT2D eigenvalue weighted by molar-refractivity contribution is -0.137. The molecule has 0 aromatic heterocycles. The van der Waals surface area contributed by atoms with E-state index in [-0.39, 0.29) is 17.6 Å². The minimum absolute atomic E-state index is 0.167. The van der Waals surface area contributed by atoms with Gasteiger partial charge in [0.05, 0.1) is 16.9 Å². The van der Waals surface area contributed by atoms with Crippen molar-refractivity contribution in [3.63, 3.8) is 0 Å². The molecule has 0 bridgehead atoms. The lowest BCUT2D eigenvalue weighted by Gasteiger charge is -2.26. The van der Waals surface area contributed by atoms with Gasteiger partial charge in [-0.15, -0.1) is 0 Å². The second-order valence-corrected chi connectivity index (χ2v) is 6.73. The van der Waals surface area contributed by atoms with E-state index in [1.165, 1.54) is 12.5 Å². The van der Waals surface area contributed by atoms with E-state index in [9.17, 15) is 18.0 Å². The summed E-state index contributed by atoms with van der Waals surface area (Å²) in [4.78, 5) is 12.3. The maximum atomic E-state index is 13.0. The van der Waals surface area contributed by atoms with E-state index in [0.717, 1.165) is 44.2 Å². The van der Waals surface area contributed by atoms with E-state index in [1.807, 2.05) is 0 Å². The van der Waals surface area contributed by atoms with Crippen molar-refractivity contribution in [2.24, 2.45) is 0 Å². The van der Waals surface area contributed by atoms with Crippen molar-refractivity contribution < 1.29 is 22.7 Å². The average Bonchev–Trinajstić information content (AvgIpc) is 3.11. The molecule has 2 fully saturated rings. The highest BCUT2D eigenvalue weighted by Gasteiger charge is 2.32. The van der Waals surface area contributed by atoms with E-state index in [2.05, 4.69) is 10.6 Å². The summed E-state index contributed by atoms with van der Waals surface area (Å²) in [6, 6.07) is 3.68. The minimum Gasteiger partial charge on any atom is -0.381 e. The van der Waals surface area contributed by atoms with Gasteiger partial charge in [-0.2, -0.15) is 13.2 Å². The number of nitrogens with one attached hydrogen (secondary N) is 2. The highest BCUT2D eigenvalue weighted by atomic mass is 19.4. The Kier molecular flexibility index (Phi) is 5.51. The molecule has 2 N–H and O–H groups in total. The lowest BCUT2D eigenvalue weighted by Crippen LogP contribution is -2.28. The third-order valence-corrected chi connectivity index (χ3v) is 4.79. The van der Waals surface area contributed by atoms with E-state index < -0.39 is 17.8 Å². The van der Waals surface area contributed by atoms with Gasteiger partial charge in [0.1, 0.15) is 6.10 Å². The van der Waals surface area contributed by atoms with Crippen LogP contribution < -0.4 is 10.6 Å². The van der Waals surface area contributed by atoms with Crippen LogP contribution in [0.5, 0.6) is 0 Å². The molecule has 1 aromatic rings. The zero-order chi connectivity index (χ0) is 17.9. The van der Waals surface area contributed by atoms with Crippen LogP contribution in [0.3, 0.4) is 0 Å². The Hall–Kier alpha value is -1.76. The Morgan fingerprint density at radius 2 is 1.80 bits per heavy atom. The fourth-order valence-corrected chi connectivity index (χ4v) is 3.41. The van der Waals surface area contributed by atoms with Gasteiger partial charge in [-0.3, -0.25) is 4.79 Å². The topological polar surface area (TPSA) is 50.4 Å². The van der Waals surface area contributed by atoms with Gasteiger partial charge in [0.15, 0.2) is 0 Å². The predicted molar refractivity (Wildman–Crippen MR) is 89.5 cm³/mol. The molecule has 1 saturated heterocycles. The number of hydrogen-bond donors (Lipinski definition) is 2. The molecule has 4 nitrogen and oxygen atoms in total. The monoisotopic (exact) mass is 356 g/mol. The molecule has 1 aromatic carbocycles. The van der Waals surface area contributed by atoms with Crippen LogP contribution in [-0.2, 0) is 15.7 Å². The fourth-order valence-electron chi connectivity index (χ4n) is 3.41. The first-order valence-electron chi connectivity index (χ1n) is 8.84. The van der Waals surface area contributed by atoms with Gasteiger partial charge in [-0.1, -0.05) is 19.3 Å². The smallest absolute Gasteiger partial charge is 0.381 e. The second kappa shape index (κ2) is 7.64. The van der Waals surface area contributed by atoms with Crippen LogP contribution in [0.15, 0.2) is 18.2 Å². The summed E-state index contributed by atoms with van der Waals surface area (Å²) in [5, 5.41) is 5.93. The number of alkyl halides is 3. The highest BCUT2D eigenvalue weighted by Crippen LogP contribution is 2.35. The van der Waals surface area contributed by atoms with E-state index in [1.54, 1.807) is 0 Å². The third kappa shape index (κ3) is 4.66. The van der Waals surface area contributed by atoms with Crippen LogP contribution >= 0.6 is 0 Å². The molecular weight excluding hydrogens is 333 g/mol. The van der Waals surface area contributed by atoms with Crippen LogP contribution in [0.4, 0.5) is 24.5 Å². The summed E-state index contributed by atoms with van der Waals surface area (Å²) >= 11 is 0. The zero-order valence-corrected chi connectivity index (χ0v) is 14.0. The van der Waals surface area contributed by atoms with E-state index >= 15 is 0 Å². The average molecular weight is 356 g/mol. The summed E-state index contributed by atoms with van der Waals surface area (Å²) in [6.45, 7) is 0.508. The summed E-state index contributed by atoms with van der Waals surface area (Å²) in [6.07, 6.45) is 1.72. The van der Waals surface area contributed by atoms with Gasteiger partial charge in [0.25, 0.3) is 5.91 Å². The van der Waals surface area contributed by atoms with Crippen LogP contribution in [0.1, 0.15) is 50.5 Å². The first kappa shape index (κ1) is 18.0. The summed E-state index contributed by atoms with van der Waals surface area (Å²) in [5.74, 6) is -0.386. The number of ether oxygens (including phenoxy) is 1. The standard InChI is InChI=1S/C18H23F3N2O2/c19-18(20,21)12-8-9-14(22-13-5-2-1-3-6-13)15(11-12)23-17(24)16-7-4-10-25-16/h8-9,11,13,16,22H,1-7,10H2,(H,23,24). The molecule has 1 atom stereocenters. The molecule has 1 aliphatic heterocycles. The molecular formula is C18H23F3N2O2. The number of carbonyl (C=O) groups excluding carboxylic acids is 1. The van der Waals surface area contributed by atoms with Gasteiger partial charge in [0, 0.05) is 12.6 Å². The van der Waals surface area contributed by atoms with Crippen LogP contribution in [0, 0.1) is 0 Å². The van der Waals surface area contributed by atoms with E-state index in [4.69, 9.17) is 4.74 Å². The Balaban J connectivity index is 1.80. The fraction of sp³-hybridized carbons (Fsp3) is 0.611. The lowest BCUT2D eigenvalue weighted by atomic mass is 9.95. The molecule has 3 rings (SSSR count). The van der Waals surface area contributed by atoms with Crippen molar-refractivity contribution in [1.29, 1.82) is 0 Å². The molecule has 7 heteroatoms. The maximum Gasteiger partial charge on any atom is 0.416 e. The van der Waals surface area contributed by atoms with Crippen LogP contribution in [0.2, 0.25) is 0 Å². The zero-order valence-electron chi connectivity index (χ0n) is 14.0. The van der Waals surface area contributed by atoms with Crippen molar-refractivity contribution in [3.8, 4) is 0 Å². The van der Waals surface area contributed by atoms with Gasteiger partial charge in [-0.05, 0) is 43.9 Å². The number of benzene rings is 1.